The molecule has 0 fully saturated rings. The molecule has 0 N–H and O–H groups in total. The lowest BCUT2D eigenvalue weighted by Gasteiger charge is -2.12. The van der Waals surface area contributed by atoms with Crippen molar-refractivity contribution in [3.05, 3.63) is 93.5 Å². The van der Waals surface area contributed by atoms with Crippen LogP contribution in [0.5, 0.6) is 0 Å². The summed E-state index contributed by atoms with van der Waals surface area (Å²) in [5.74, 6) is 1.95. The third-order valence-corrected chi connectivity index (χ3v) is 6.75. The van der Waals surface area contributed by atoms with Gasteiger partial charge < -0.3 is 0 Å². The fourth-order valence-electron chi connectivity index (χ4n) is 3.25. The second-order valence-corrected chi connectivity index (χ2v) is 9.16. The van der Waals surface area contributed by atoms with E-state index in [1.54, 1.807) is 29.7 Å². The first-order valence-corrected chi connectivity index (χ1v) is 11.9. The molecule has 0 saturated carbocycles. The summed E-state index contributed by atoms with van der Waals surface area (Å²) in [6, 6.07) is 13.8. The summed E-state index contributed by atoms with van der Waals surface area (Å²) in [5, 5.41) is 11.7. The first-order valence-electron chi connectivity index (χ1n) is 10.1. The molecule has 6 nitrogen and oxygen atoms in total. The summed E-state index contributed by atoms with van der Waals surface area (Å²) >= 11 is 3.14. The van der Waals surface area contributed by atoms with Gasteiger partial charge in [-0.15, -0.1) is 21.5 Å². The average Bonchev–Trinajstić information content (AvgIpc) is 3.44. The predicted octanol–water partition coefficient (Wildman–Crippen LogP) is 5.51. The molecule has 0 aliphatic carbocycles. The second kappa shape index (κ2) is 9.50. The van der Waals surface area contributed by atoms with Crippen LogP contribution in [0.1, 0.15) is 24.0 Å². The number of para-hydroxylation sites is 1. The molecule has 8 heteroatoms. The van der Waals surface area contributed by atoms with E-state index in [4.69, 9.17) is 0 Å². The van der Waals surface area contributed by atoms with Gasteiger partial charge in [0.2, 0.25) is 0 Å². The van der Waals surface area contributed by atoms with Crippen molar-refractivity contribution < 1.29 is 0 Å². The maximum atomic E-state index is 12.6. The van der Waals surface area contributed by atoms with E-state index in [1.807, 2.05) is 43.5 Å². The average molecular weight is 462 g/mol. The van der Waals surface area contributed by atoms with Crippen molar-refractivity contribution in [3.8, 4) is 16.4 Å². The fraction of sp³-hybridized carbons (Fsp3) is 0.167. The van der Waals surface area contributed by atoms with Crippen molar-refractivity contribution in [1.82, 2.24) is 24.3 Å². The van der Waals surface area contributed by atoms with Crippen molar-refractivity contribution in [2.75, 3.05) is 0 Å². The van der Waals surface area contributed by atoms with Crippen LogP contribution in [0.3, 0.4) is 0 Å². The van der Waals surface area contributed by atoms with Gasteiger partial charge in [0.1, 0.15) is 5.82 Å². The van der Waals surface area contributed by atoms with Crippen LogP contribution in [-0.2, 0) is 5.75 Å². The van der Waals surface area contributed by atoms with Gasteiger partial charge in [-0.3, -0.25) is 13.9 Å². The molecule has 162 valence electrons. The highest BCUT2D eigenvalue weighted by Crippen LogP contribution is 2.32. The van der Waals surface area contributed by atoms with Crippen molar-refractivity contribution >= 4 is 29.3 Å². The number of nitrogens with zero attached hydrogens (tertiary/aromatic N) is 5. The van der Waals surface area contributed by atoms with E-state index in [1.165, 1.54) is 16.3 Å². The maximum absolute atomic E-state index is 12.6. The Morgan fingerprint density at radius 3 is 2.69 bits per heavy atom. The van der Waals surface area contributed by atoms with Crippen molar-refractivity contribution in [1.29, 1.82) is 0 Å². The molecule has 1 aromatic carbocycles. The second-order valence-electron chi connectivity index (χ2n) is 7.27. The Hall–Kier alpha value is -3.23. The van der Waals surface area contributed by atoms with Crippen LogP contribution in [0.15, 0.2) is 76.0 Å². The molecule has 0 amide bonds. The number of thioether (sulfide) groups is 1. The number of aromatic nitrogens is 5. The quantitative estimate of drug-likeness (QED) is 0.268. The molecule has 0 saturated heterocycles. The summed E-state index contributed by atoms with van der Waals surface area (Å²) in [6.45, 7) is 9.53. The van der Waals surface area contributed by atoms with Crippen LogP contribution < -0.4 is 5.56 Å². The van der Waals surface area contributed by atoms with Crippen LogP contribution in [-0.4, -0.2) is 24.3 Å². The van der Waals surface area contributed by atoms with Crippen LogP contribution in [0.25, 0.3) is 22.6 Å². The van der Waals surface area contributed by atoms with E-state index in [9.17, 15) is 4.79 Å². The molecule has 0 aliphatic heterocycles. The van der Waals surface area contributed by atoms with Crippen molar-refractivity contribution in [3.63, 3.8) is 0 Å². The smallest absolute Gasteiger partial charge is 0.257 e. The minimum atomic E-state index is -0.117. The summed E-state index contributed by atoms with van der Waals surface area (Å²) in [5.41, 5.74) is 3.65. The highest BCUT2D eigenvalue weighted by atomic mass is 32.2. The number of rotatable bonds is 7. The zero-order chi connectivity index (χ0) is 22.7. The normalized spacial score (nSPS) is 11.7. The van der Waals surface area contributed by atoms with Crippen molar-refractivity contribution in [2.45, 2.75) is 31.7 Å². The lowest BCUT2D eigenvalue weighted by atomic mass is 10.2. The topological polar surface area (TPSA) is 65.6 Å². The Balaban J connectivity index is 1.68. The Kier molecular flexibility index (Phi) is 6.53. The van der Waals surface area contributed by atoms with Gasteiger partial charge in [0, 0.05) is 18.0 Å². The van der Waals surface area contributed by atoms with E-state index < -0.39 is 0 Å². The summed E-state index contributed by atoms with van der Waals surface area (Å²) < 4.78 is 3.62. The van der Waals surface area contributed by atoms with Crippen LogP contribution in [0.2, 0.25) is 0 Å². The first-order chi connectivity index (χ1) is 15.5. The highest BCUT2D eigenvalue weighted by Gasteiger charge is 2.18. The van der Waals surface area contributed by atoms with Crippen LogP contribution in [0.4, 0.5) is 0 Å². The van der Waals surface area contributed by atoms with E-state index >= 15 is 0 Å². The Morgan fingerprint density at radius 2 is 2.00 bits per heavy atom. The molecule has 3 heterocycles. The van der Waals surface area contributed by atoms with E-state index in [-0.39, 0.29) is 5.56 Å². The Bertz CT molecular complexity index is 1350. The first kappa shape index (κ1) is 22.0. The molecular formula is C24H23N5OS2. The molecule has 0 unspecified atom stereocenters. The van der Waals surface area contributed by atoms with Gasteiger partial charge in [0.25, 0.3) is 5.56 Å². The van der Waals surface area contributed by atoms with E-state index in [2.05, 4.69) is 45.4 Å². The number of hydrogen-bond acceptors (Lipinski definition) is 6. The molecule has 0 spiro atoms. The van der Waals surface area contributed by atoms with E-state index in [0.717, 1.165) is 32.7 Å². The largest absolute Gasteiger partial charge is 0.272 e. The number of allylic oxidation sites excluding steroid dienone is 2. The van der Waals surface area contributed by atoms with Gasteiger partial charge in [-0.2, -0.15) is 0 Å². The van der Waals surface area contributed by atoms with Gasteiger partial charge in [0.05, 0.1) is 16.3 Å². The van der Waals surface area contributed by atoms with Crippen LogP contribution in [0, 0.1) is 13.8 Å². The molecule has 0 bridgehead atoms. The van der Waals surface area contributed by atoms with Gasteiger partial charge in [-0.05, 0) is 49.4 Å². The van der Waals surface area contributed by atoms with E-state index in [0.29, 0.717) is 17.3 Å². The third kappa shape index (κ3) is 4.51. The molecule has 32 heavy (non-hydrogen) atoms. The van der Waals surface area contributed by atoms with Gasteiger partial charge in [-0.25, -0.2) is 4.98 Å². The minimum Gasteiger partial charge on any atom is -0.272 e. The van der Waals surface area contributed by atoms with Crippen LogP contribution >= 0.6 is 23.1 Å². The zero-order valence-electron chi connectivity index (χ0n) is 18.1. The summed E-state index contributed by atoms with van der Waals surface area (Å²) in [4.78, 5) is 18.3. The lowest BCUT2D eigenvalue weighted by Crippen LogP contribution is -2.20. The Morgan fingerprint density at radius 1 is 1.19 bits per heavy atom. The number of hydrogen-bond donors (Lipinski definition) is 0. The molecule has 4 rings (SSSR count). The molecule has 0 radical (unpaired) electrons. The van der Waals surface area contributed by atoms with Gasteiger partial charge >= 0.3 is 0 Å². The standard InChI is InChI=1S/C24H23N5OS2/c1-5-16(2)14-28-18(4)25-19(13-22(28)30)15-32-24-27-26-23(21-11-8-12-31-21)29(24)20-10-7-6-9-17(20)3/h5-14H,1,15H2,2-4H3/b16-14-. The lowest BCUT2D eigenvalue weighted by molar-refractivity contribution is 0.869. The predicted molar refractivity (Wildman–Crippen MR) is 132 cm³/mol. The fourth-order valence-corrected chi connectivity index (χ4v) is 4.79. The number of benzene rings is 1. The highest BCUT2D eigenvalue weighted by molar-refractivity contribution is 7.98. The molecular weight excluding hydrogens is 438 g/mol. The maximum Gasteiger partial charge on any atom is 0.257 e. The Labute approximate surface area is 195 Å². The minimum absolute atomic E-state index is 0.117. The molecule has 4 aromatic rings. The summed E-state index contributed by atoms with van der Waals surface area (Å²) in [6.07, 6.45) is 3.45. The van der Waals surface area contributed by atoms with Gasteiger partial charge in [0.15, 0.2) is 11.0 Å². The van der Waals surface area contributed by atoms with Crippen molar-refractivity contribution in [2.24, 2.45) is 0 Å². The number of thiophene rings is 1. The molecule has 0 aliphatic rings. The number of aryl methyl sites for hydroxylation is 2. The monoisotopic (exact) mass is 461 g/mol. The third-order valence-electron chi connectivity index (χ3n) is 4.92. The SMILES string of the molecule is C=C/C(C)=C\n1c(C)nc(CSc2nnc(-c3cccs3)n2-c2ccccc2C)cc1=O. The zero-order valence-corrected chi connectivity index (χ0v) is 19.8. The molecule has 0 atom stereocenters. The summed E-state index contributed by atoms with van der Waals surface area (Å²) in [7, 11) is 0. The molecule has 3 aromatic heterocycles. The van der Waals surface area contributed by atoms with Gasteiger partial charge in [-0.1, -0.05) is 48.7 Å².